The smallest absolute Gasteiger partial charge is 0.335 e. The molecule has 1 aliphatic rings. The molecular formula is C27H42N2O8Si. The van der Waals surface area contributed by atoms with Crippen molar-refractivity contribution in [2.75, 3.05) is 13.2 Å². The van der Waals surface area contributed by atoms with E-state index in [9.17, 15) is 24.9 Å². The lowest BCUT2D eigenvalue weighted by Crippen LogP contribution is -2.56. The van der Waals surface area contributed by atoms with E-state index < -0.39 is 50.2 Å². The summed E-state index contributed by atoms with van der Waals surface area (Å²) in [5, 5.41) is 32.3. The maximum Gasteiger partial charge on any atom is 0.335 e. The molecule has 3 rings (SSSR count). The topological polar surface area (TPSA) is 132 Å². The molecule has 4 atom stereocenters. The van der Waals surface area contributed by atoms with Crippen LogP contribution in [0.2, 0.25) is 16.6 Å². The average molecular weight is 551 g/mol. The van der Waals surface area contributed by atoms with Gasteiger partial charge < -0.3 is 29.2 Å². The van der Waals surface area contributed by atoms with Crippen molar-refractivity contribution in [2.24, 2.45) is 0 Å². The van der Waals surface area contributed by atoms with Crippen LogP contribution in [-0.2, 0) is 27.2 Å². The van der Waals surface area contributed by atoms with Crippen LogP contribution in [0.5, 0.6) is 0 Å². The van der Waals surface area contributed by atoms with E-state index in [0.29, 0.717) is 0 Å². The fourth-order valence-electron chi connectivity index (χ4n) is 5.78. The molecule has 0 bridgehead atoms. The predicted octanol–water partition coefficient (Wildman–Crippen LogP) is 2.36. The van der Waals surface area contributed by atoms with Crippen LogP contribution < -0.4 is 11.2 Å². The number of aliphatic hydroxyl groups is 3. The molecular weight excluding hydrogens is 508 g/mol. The Morgan fingerprint density at radius 3 is 2.16 bits per heavy atom. The van der Waals surface area contributed by atoms with Crippen LogP contribution in [0.1, 0.15) is 53.3 Å². The minimum Gasteiger partial charge on any atom is -0.413 e. The van der Waals surface area contributed by atoms with E-state index in [1.807, 2.05) is 30.3 Å². The zero-order chi connectivity index (χ0) is 28.3. The van der Waals surface area contributed by atoms with Gasteiger partial charge in [0.15, 0.2) is 14.5 Å². The summed E-state index contributed by atoms with van der Waals surface area (Å²) in [6, 6.07) is 10.5. The summed E-state index contributed by atoms with van der Waals surface area (Å²) in [4.78, 5) is 25.7. The zero-order valence-electron chi connectivity index (χ0n) is 23.1. The van der Waals surface area contributed by atoms with Gasteiger partial charge in [0, 0.05) is 12.3 Å². The molecule has 38 heavy (non-hydrogen) atoms. The first-order valence-corrected chi connectivity index (χ1v) is 15.3. The Labute approximate surface area is 224 Å². The van der Waals surface area contributed by atoms with Crippen LogP contribution in [0.15, 0.2) is 52.2 Å². The molecule has 10 nitrogen and oxygen atoms in total. The van der Waals surface area contributed by atoms with Crippen LogP contribution in [0.4, 0.5) is 0 Å². The quantitative estimate of drug-likeness (QED) is 0.343. The number of rotatable bonds is 12. The summed E-state index contributed by atoms with van der Waals surface area (Å²) in [6.07, 6.45) is -3.21. The molecule has 11 heteroatoms. The van der Waals surface area contributed by atoms with E-state index in [4.69, 9.17) is 13.9 Å². The third-order valence-electron chi connectivity index (χ3n) is 7.75. The molecule has 2 heterocycles. The standard InChI is InChI=1S/C27H42N2O8Si/c1-18(2)38(19(3)4,20(5)6)36-16-27(15-30)24(33)23(32)25(37-27)28-13-12-22(31)29(26(28)34)17-35-14-21-10-8-7-9-11-21/h7-13,18-20,23-25,30,32-33H,14-17H2,1-6H3/t23-,24+,25-,27+/m1/s1. The van der Waals surface area contributed by atoms with E-state index in [-0.39, 0.29) is 36.6 Å². The van der Waals surface area contributed by atoms with Gasteiger partial charge in [-0.25, -0.2) is 9.36 Å². The maximum atomic E-state index is 13.2. The van der Waals surface area contributed by atoms with E-state index in [1.165, 1.54) is 12.3 Å². The van der Waals surface area contributed by atoms with Crippen LogP contribution in [0, 0.1) is 0 Å². The van der Waals surface area contributed by atoms with Gasteiger partial charge >= 0.3 is 5.69 Å². The van der Waals surface area contributed by atoms with Crippen LogP contribution in [0.3, 0.4) is 0 Å². The van der Waals surface area contributed by atoms with Crippen LogP contribution in [0.25, 0.3) is 0 Å². The van der Waals surface area contributed by atoms with E-state index >= 15 is 0 Å². The number of hydrogen-bond donors (Lipinski definition) is 3. The molecule has 3 N–H and O–H groups in total. The highest BCUT2D eigenvalue weighted by molar-refractivity contribution is 6.77. The van der Waals surface area contributed by atoms with Gasteiger partial charge in [-0.3, -0.25) is 9.36 Å². The molecule has 1 saturated heterocycles. The molecule has 212 valence electrons. The summed E-state index contributed by atoms with van der Waals surface area (Å²) >= 11 is 0. The van der Waals surface area contributed by atoms with Gasteiger partial charge in [-0.05, 0) is 22.2 Å². The molecule has 1 aromatic heterocycles. The molecule has 0 radical (unpaired) electrons. The number of hydrogen-bond acceptors (Lipinski definition) is 8. The summed E-state index contributed by atoms with van der Waals surface area (Å²) in [5.74, 6) is 0. The third-order valence-corrected chi connectivity index (χ3v) is 13.8. The van der Waals surface area contributed by atoms with Gasteiger partial charge in [0.25, 0.3) is 5.56 Å². The minimum absolute atomic E-state index is 0.145. The molecule has 1 fully saturated rings. The second kappa shape index (κ2) is 12.4. The van der Waals surface area contributed by atoms with E-state index in [1.54, 1.807) is 0 Å². The van der Waals surface area contributed by atoms with E-state index in [2.05, 4.69) is 41.5 Å². The van der Waals surface area contributed by atoms with E-state index in [0.717, 1.165) is 14.7 Å². The molecule has 1 aromatic carbocycles. The fourth-order valence-corrected chi connectivity index (χ4v) is 11.3. The first-order chi connectivity index (χ1) is 17.9. The Balaban J connectivity index is 1.86. The highest BCUT2D eigenvalue weighted by Crippen LogP contribution is 2.44. The zero-order valence-corrected chi connectivity index (χ0v) is 24.1. The number of nitrogens with zero attached hydrogens (tertiary/aromatic N) is 2. The Kier molecular flexibility index (Phi) is 9.90. The van der Waals surface area contributed by atoms with Crippen LogP contribution in [-0.4, -0.2) is 63.8 Å². The van der Waals surface area contributed by atoms with Gasteiger partial charge in [-0.2, -0.15) is 0 Å². The second-order valence-corrected chi connectivity index (χ2v) is 16.5. The minimum atomic E-state index is -2.40. The Bertz CT molecular complexity index is 1140. The molecule has 0 amide bonds. The lowest BCUT2D eigenvalue weighted by molar-refractivity contribution is -0.148. The van der Waals surface area contributed by atoms with Crippen molar-refractivity contribution in [3.63, 3.8) is 0 Å². The maximum absolute atomic E-state index is 13.2. The third kappa shape index (κ3) is 5.74. The highest BCUT2D eigenvalue weighted by atomic mass is 28.4. The van der Waals surface area contributed by atoms with Gasteiger partial charge in [-0.1, -0.05) is 71.9 Å². The monoisotopic (exact) mass is 550 g/mol. The van der Waals surface area contributed by atoms with Crippen molar-refractivity contribution in [1.29, 1.82) is 0 Å². The molecule has 0 unspecified atom stereocenters. The summed E-state index contributed by atoms with van der Waals surface area (Å²) in [7, 11) is -2.40. The summed E-state index contributed by atoms with van der Waals surface area (Å²) in [5.41, 5.74) is -1.37. The van der Waals surface area contributed by atoms with Crippen molar-refractivity contribution in [3.8, 4) is 0 Å². The summed E-state index contributed by atoms with van der Waals surface area (Å²) in [6.45, 7) is 11.8. The van der Waals surface area contributed by atoms with Gasteiger partial charge in [0.2, 0.25) is 0 Å². The van der Waals surface area contributed by atoms with Crippen molar-refractivity contribution in [1.82, 2.24) is 9.13 Å². The van der Waals surface area contributed by atoms with Crippen molar-refractivity contribution in [3.05, 3.63) is 69.0 Å². The predicted molar refractivity (Wildman–Crippen MR) is 145 cm³/mol. The molecule has 0 saturated carbocycles. The number of benzene rings is 1. The first-order valence-electron chi connectivity index (χ1n) is 13.1. The molecule has 0 aliphatic carbocycles. The molecule has 1 aliphatic heterocycles. The Morgan fingerprint density at radius 1 is 1.00 bits per heavy atom. The number of ether oxygens (including phenoxy) is 2. The fraction of sp³-hybridized carbons (Fsp3) is 0.630. The van der Waals surface area contributed by atoms with Gasteiger partial charge in [0.05, 0.1) is 19.8 Å². The highest BCUT2D eigenvalue weighted by Gasteiger charge is 2.57. The molecule has 2 aromatic rings. The number of aromatic nitrogens is 2. The average Bonchev–Trinajstić information content (AvgIpc) is 3.12. The Hall–Kier alpha value is -2.12. The van der Waals surface area contributed by atoms with Gasteiger partial charge in [0.1, 0.15) is 24.5 Å². The summed E-state index contributed by atoms with van der Waals surface area (Å²) < 4.78 is 20.1. The lowest BCUT2D eigenvalue weighted by Gasteiger charge is -2.44. The van der Waals surface area contributed by atoms with Crippen molar-refractivity contribution in [2.45, 2.75) is 95.5 Å². The Morgan fingerprint density at radius 2 is 1.61 bits per heavy atom. The lowest BCUT2D eigenvalue weighted by atomic mass is 9.97. The second-order valence-electron chi connectivity index (χ2n) is 11.0. The number of aliphatic hydroxyl groups excluding tert-OH is 3. The normalized spacial score (nSPS) is 24.2. The largest absolute Gasteiger partial charge is 0.413 e. The first kappa shape index (κ1) is 30.4. The molecule has 0 spiro atoms. The van der Waals surface area contributed by atoms with Crippen molar-refractivity contribution < 1.29 is 29.2 Å². The van der Waals surface area contributed by atoms with Crippen molar-refractivity contribution >= 4 is 8.32 Å². The SMILES string of the molecule is CC(C)[Si](OC[C@]1(CO)O[C@@H](n2ccc(=O)n(COCc3ccccc3)c2=O)[C@H](O)[C@@H]1O)(C(C)C)C(C)C. The van der Waals surface area contributed by atoms with Crippen LogP contribution >= 0.6 is 0 Å². The van der Waals surface area contributed by atoms with Gasteiger partial charge in [-0.15, -0.1) is 0 Å².